The lowest BCUT2D eigenvalue weighted by Crippen LogP contribution is -2.41. The SMILES string of the molecule is Cc1ccc(OCc2nnc(SCC(=O)N3CCOCC3)n2Cc2ccccc2)cc1. The number of benzene rings is 2. The Bertz CT molecular complexity index is 986. The van der Waals surface area contributed by atoms with E-state index >= 15 is 0 Å². The van der Waals surface area contributed by atoms with Gasteiger partial charge in [-0.1, -0.05) is 59.8 Å². The molecule has 1 saturated heterocycles. The second kappa shape index (κ2) is 10.5. The molecule has 0 atom stereocenters. The number of carbonyl (C=O) groups excluding carboxylic acids is 1. The van der Waals surface area contributed by atoms with Crippen molar-refractivity contribution in [1.82, 2.24) is 19.7 Å². The Morgan fingerprint density at radius 2 is 1.81 bits per heavy atom. The van der Waals surface area contributed by atoms with Crippen molar-refractivity contribution in [1.29, 1.82) is 0 Å². The first-order valence-corrected chi connectivity index (χ1v) is 11.3. The Hall–Kier alpha value is -2.84. The lowest BCUT2D eigenvalue weighted by molar-refractivity contribution is -0.132. The zero-order valence-electron chi connectivity index (χ0n) is 17.6. The molecule has 162 valence electrons. The molecule has 1 aliphatic heterocycles. The number of carbonyl (C=O) groups is 1. The molecule has 2 aromatic carbocycles. The first-order chi connectivity index (χ1) is 15.2. The summed E-state index contributed by atoms with van der Waals surface area (Å²) < 4.78 is 13.3. The van der Waals surface area contributed by atoms with Crippen LogP contribution in [0.4, 0.5) is 0 Å². The van der Waals surface area contributed by atoms with Crippen molar-refractivity contribution in [3.8, 4) is 5.75 Å². The summed E-state index contributed by atoms with van der Waals surface area (Å²) >= 11 is 1.41. The smallest absolute Gasteiger partial charge is 0.233 e. The van der Waals surface area contributed by atoms with Crippen LogP contribution in [-0.2, 0) is 22.7 Å². The summed E-state index contributed by atoms with van der Waals surface area (Å²) in [4.78, 5) is 14.4. The van der Waals surface area contributed by atoms with Crippen LogP contribution in [0.1, 0.15) is 17.0 Å². The first kappa shape index (κ1) is 21.4. The van der Waals surface area contributed by atoms with Gasteiger partial charge >= 0.3 is 0 Å². The molecule has 0 unspecified atom stereocenters. The number of nitrogens with zero attached hydrogens (tertiary/aromatic N) is 4. The van der Waals surface area contributed by atoms with Crippen LogP contribution in [0.15, 0.2) is 59.8 Å². The second-order valence-corrected chi connectivity index (χ2v) is 8.30. The molecule has 0 saturated carbocycles. The minimum atomic E-state index is 0.0972. The van der Waals surface area contributed by atoms with Gasteiger partial charge in [-0.25, -0.2) is 0 Å². The molecule has 3 aromatic rings. The van der Waals surface area contributed by atoms with Gasteiger partial charge in [0.25, 0.3) is 0 Å². The highest BCUT2D eigenvalue weighted by Crippen LogP contribution is 2.21. The number of aryl methyl sites for hydroxylation is 1. The Morgan fingerprint density at radius 3 is 2.55 bits per heavy atom. The third-order valence-corrected chi connectivity index (χ3v) is 6.01. The van der Waals surface area contributed by atoms with Gasteiger partial charge in [0, 0.05) is 13.1 Å². The van der Waals surface area contributed by atoms with E-state index in [1.807, 2.05) is 58.9 Å². The molecule has 0 spiro atoms. The molecule has 1 aromatic heterocycles. The van der Waals surface area contributed by atoms with Crippen molar-refractivity contribution in [3.05, 3.63) is 71.5 Å². The van der Waals surface area contributed by atoms with Crippen molar-refractivity contribution in [2.24, 2.45) is 0 Å². The number of aromatic nitrogens is 3. The van der Waals surface area contributed by atoms with Crippen LogP contribution in [0, 0.1) is 6.92 Å². The predicted octanol–water partition coefficient (Wildman–Crippen LogP) is 3.16. The average molecular weight is 439 g/mol. The van der Waals surface area contributed by atoms with E-state index in [1.165, 1.54) is 17.3 Å². The number of ether oxygens (including phenoxy) is 2. The normalized spacial score (nSPS) is 13.9. The van der Waals surface area contributed by atoms with Gasteiger partial charge in [-0.2, -0.15) is 0 Å². The van der Waals surface area contributed by atoms with Gasteiger partial charge in [-0.15, -0.1) is 10.2 Å². The van der Waals surface area contributed by atoms with Gasteiger partial charge in [0.05, 0.1) is 25.5 Å². The van der Waals surface area contributed by atoms with Gasteiger partial charge in [0.15, 0.2) is 11.0 Å². The maximum absolute atomic E-state index is 12.6. The summed E-state index contributed by atoms with van der Waals surface area (Å²) in [6, 6.07) is 18.1. The minimum absolute atomic E-state index is 0.0972. The number of thioether (sulfide) groups is 1. The molecule has 1 amide bonds. The fraction of sp³-hybridized carbons (Fsp3) is 0.348. The largest absolute Gasteiger partial charge is 0.486 e. The second-order valence-electron chi connectivity index (χ2n) is 7.35. The van der Waals surface area contributed by atoms with Gasteiger partial charge in [0.1, 0.15) is 12.4 Å². The van der Waals surface area contributed by atoms with Crippen molar-refractivity contribution in [2.75, 3.05) is 32.1 Å². The maximum atomic E-state index is 12.6. The fourth-order valence-corrected chi connectivity index (χ4v) is 4.13. The van der Waals surface area contributed by atoms with E-state index in [1.54, 1.807) is 0 Å². The number of hydrogen-bond acceptors (Lipinski definition) is 6. The van der Waals surface area contributed by atoms with Gasteiger partial charge < -0.3 is 14.4 Å². The molecule has 0 N–H and O–H groups in total. The molecule has 0 aliphatic carbocycles. The summed E-state index contributed by atoms with van der Waals surface area (Å²) in [6.45, 7) is 5.46. The molecule has 0 radical (unpaired) electrons. The van der Waals surface area contributed by atoms with Crippen molar-refractivity contribution in [3.63, 3.8) is 0 Å². The van der Waals surface area contributed by atoms with Gasteiger partial charge in [0.2, 0.25) is 5.91 Å². The summed E-state index contributed by atoms with van der Waals surface area (Å²) in [6.07, 6.45) is 0. The molecule has 1 fully saturated rings. The first-order valence-electron chi connectivity index (χ1n) is 10.3. The van der Waals surface area contributed by atoms with Crippen LogP contribution in [0.5, 0.6) is 5.75 Å². The van der Waals surface area contributed by atoms with E-state index < -0.39 is 0 Å². The van der Waals surface area contributed by atoms with Crippen LogP contribution in [-0.4, -0.2) is 57.6 Å². The molecular formula is C23H26N4O3S. The van der Waals surface area contributed by atoms with E-state index in [0.717, 1.165) is 17.1 Å². The third kappa shape index (κ3) is 5.86. The molecule has 8 heteroatoms. The molecule has 4 rings (SSSR count). The number of hydrogen-bond donors (Lipinski definition) is 0. The standard InChI is InChI=1S/C23H26N4O3S/c1-18-7-9-20(10-8-18)30-16-21-24-25-23(27(21)15-19-5-3-2-4-6-19)31-17-22(28)26-11-13-29-14-12-26/h2-10H,11-17H2,1H3. The van der Waals surface area contributed by atoms with Gasteiger partial charge in [-0.3, -0.25) is 9.36 Å². The van der Waals surface area contributed by atoms with Crippen LogP contribution in [0.25, 0.3) is 0 Å². The molecular weight excluding hydrogens is 412 g/mol. The van der Waals surface area contributed by atoms with Crippen LogP contribution < -0.4 is 4.74 Å². The molecule has 0 bridgehead atoms. The quantitative estimate of drug-likeness (QED) is 0.503. The van der Waals surface area contributed by atoms with Crippen molar-refractivity contribution in [2.45, 2.75) is 25.2 Å². The number of morpholine rings is 1. The van der Waals surface area contributed by atoms with E-state index in [9.17, 15) is 4.79 Å². The van der Waals surface area contributed by atoms with E-state index in [0.29, 0.717) is 50.4 Å². The zero-order valence-corrected chi connectivity index (χ0v) is 18.4. The van der Waals surface area contributed by atoms with E-state index in [-0.39, 0.29) is 5.91 Å². The maximum Gasteiger partial charge on any atom is 0.233 e. The summed E-state index contributed by atoms with van der Waals surface area (Å²) in [5.41, 5.74) is 2.32. The van der Waals surface area contributed by atoms with E-state index in [4.69, 9.17) is 9.47 Å². The van der Waals surface area contributed by atoms with Gasteiger partial charge in [-0.05, 0) is 24.6 Å². The van der Waals surface area contributed by atoms with Crippen molar-refractivity contribution < 1.29 is 14.3 Å². The predicted molar refractivity (Wildman–Crippen MR) is 119 cm³/mol. The number of rotatable bonds is 8. The highest BCUT2D eigenvalue weighted by atomic mass is 32.2. The molecule has 31 heavy (non-hydrogen) atoms. The Labute approximate surface area is 186 Å². The molecule has 2 heterocycles. The lowest BCUT2D eigenvalue weighted by Gasteiger charge is -2.26. The summed E-state index contributed by atoms with van der Waals surface area (Å²) in [7, 11) is 0. The van der Waals surface area contributed by atoms with Crippen LogP contribution in [0.3, 0.4) is 0 Å². The highest BCUT2D eigenvalue weighted by Gasteiger charge is 2.20. The van der Waals surface area contributed by atoms with Crippen LogP contribution in [0.2, 0.25) is 0 Å². The minimum Gasteiger partial charge on any atom is -0.486 e. The van der Waals surface area contributed by atoms with E-state index in [2.05, 4.69) is 22.3 Å². The third-order valence-electron chi connectivity index (χ3n) is 5.05. The average Bonchev–Trinajstić information content (AvgIpc) is 3.19. The topological polar surface area (TPSA) is 69.5 Å². The number of amides is 1. The Morgan fingerprint density at radius 1 is 1.06 bits per heavy atom. The molecule has 1 aliphatic rings. The van der Waals surface area contributed by atoms with Crippen LogP contribution >= 0.6 is 11.8 Å². The zero-order chi connectivity index (χ0) is 21.5. The Balaban J connectivity index is 1.47. The fourth-order valence-electron chi connectivity index (χ4n) is 3.27. The Kier molecular flexibility index (Phi) is 7.22. The summed E-state index contributed by atoms with van der Waals surface area (Å²) in [5, 5.41) is 9.43. The summed E-state index contributed by atoms with van der Waals surface area (Å²) in [5.74, 6) is 1.94. The molecule has 7 nitrogen and oxygen atoms in total. The monoisotopic (exact) mass is 438 g/mol. The van der Waals surface area contributed by atoms with Crippen molar-refractivity contribution >= 4 is 17.7 Å². The lowest BCUT2D eigenvalue weighted by atomic mass is 10.2. The highest BCUT2D eigenvalue weighted by molar-refractivity contribution is 7.99.